The molecule has 1 aliphatic rings. The molecule has 3 aromatic rings. The topological polar surface area (TPSA) is 66.7 Å². The molecule has 0 spiro atoms. The van der Waals surface area contributed by atoms with E-state index in [0.717, 1.165) is 12.0 Å². The summed E-state index contributed by atoms with van der Waals surface area (Å²) in [5.41, 5.74) is 1.67. The molecule has 4 rings (SSSR count). The van der Waals surface area contributed by atoms with Gasteiger partial charge in [-0.15, -0.1) is 0 Å². The van der Waals surface area contributed by atoms with Gasteiger partial charge in [0, 0.05) is 12.7 Å². The summed E-state index contributed by atoms with van der Waals surface area (Å²) in [6.07, 6.45) is 4.17. The number of fused-ring (bicyclic) bond motifs is 1. The standard InChI is InChI=1S/C23H22N4O2S2/c1-3-12-24-20-17(21(28)26-13-8-7-11-19(26)25-20)14-18-22(29)27(23(30)31-18)15(2)16-9-5-4-6-10-16/h4-11,13-15,24H,3,12H2,1-2H3/b18-14-/t15-/m1/s1. The molecule has 0 aliphatic carbocycles. The zero-order chi connectivity index (χ0) is 22.0. The molecule has 1 atom stereocenters. The summed E-state index contributed by atoms with van der Waals surface area (Å²) in [6, 6.07) is 14.9. The van der Waals surface area contributed by atoms with Crippen LogP contribution in [-0.2, 0) is 4.79 Å². The zero-order valence-electron chi connectivity index (χ0n) is 17.2. The minimum Gasteiger partial charge on any atom is -0.369 e. The van der Waals surface area contributed by atoms with Crippen molar-refractivity contribution in [1.29, 1.82) is 0 Å². The fourth-order valence-electron chi connectivity index (χ4n) is 3.44. The Morgan fingerprint density at radius 3 is 2.65 bits per heavy atom. The maximum Gasteiger partial charge on any atom is 0.267 e. The van der Waals surface area contributed by atoms with Crippen molar-refractivity contribution in [2.45, 2.75) is 26.3 Å². The van der Waals surface area contributed by atoms with Crippen LogP contribution < -0.4 is 10.9 Å². The second-order valence-electron chi connectivity index (χ2n) is 7.17. The van der Waals surface area contributed by atoms with Crippen LogP contribution in [0.5, 0.6) is 0 Å². The lowest BCUT2D eigenvalue weighted by Gasteiger charge is -2.23. The first kappa shape index (κ1) is 21.3. The van der Waals surface area contributed by atoms with Crippen molar-refractivity contribution in [3.05, 3.63) is 81.1 Å². The number of hydrogen-bond acceptors (Lipinski definition) is 6. The Balaban J connectivity index is 1.76. The number of carbonyl (C=O) groups excluding carboxylic acids is 1. The number of anilines is 1. The summed E-state index contributed by atoms with van der Waals surface area (Å²) in [5.74, 6) is 0.268. The summed E-state index contributed by atoms with van der Waals surface area (Å²) >= 11 is 6.72. The third kappa shape index (κ3) is 4.13. The summed E-state index contributed by atoms with van der Waals surface area (Å²) in [5, 5.41) is 3.22. The summed E-state index contributed by atoms with van der Waals surface area (Å²) in [7, 11) is 0. The quantitative estimate of drug-likeness (QED) is 0.441. The highest BCUT2D eigenvalue weighted by Crippen LogP contribution is 2.38. The smallest absolute Gasteiger partial charge is 0.267 e. The van der Waals surface area contributed by atoms with E-state index < -0.39 is 0 Å². The first-order valence-corrected chi connectivity index (χ1v) is 11.3. The molecule has 1 fully saturated rings. The maximum atomic E-state index is 13.2. The van der Waals surface area contributed by atoms with E-state index in [4.69, 9.17) is 12.2 Å². The molecular formula is C23H22N4O2S2. The predicted molar refractivity (Wildman–Crippen MR) is 130 cm³/mol. The van der Waals surface area contributed by atoms with Crippen LogP contribution in [0.3, 0.4) is 0 Å². The van der Waals surface area contributed by atoms with E-state index in [0.29, 0.717) is 32.8 Å². The normalized spacial score (nSPS) is 16.3. The molecule has 6 nitrogen and oxygen atoms in total. The molecule has 1 aliphatic heterocycles. The summed E-state index contributed by atoms with van der Waals surface area (Å²) < 4.78 is 1.96. The monoisotopic (exact) mass is 450 g/mol. The number of nitrogens with zero attached hydrogens (tertiary/aromatic N) is 3. The maximum absolute atomic E-state index is 13.2. The van der Waals surface area contributed by atoms with E-state index >= 15 is 0 Å². The van der Waals surface area contributed by atoms with Crippen LogP contribution in [0.2, 0.25) is 0 Å². The lowest BCUT2D eigenvalue weighted by atomic mass is 10.1. The van der Waals surface area contributed by atoms with Crippen molar-refractivity contribution in [3.63, 3.8) is 0 Å². The molecule has 3 heterocycles. The molecule has 31 heavy (non-hydrogen) atoms. The van der Waals surface area contributed by atoms with E-state index in [1.165, 1.54) is 16.2 Å². The van der Waals surface area contributed by atoms with Crippen molar-refractivity contribution in [2.75, 3.05) is 11.9 Å². The van der Waals surface area contributed by atoms with Gasteiger partial charge in [0.2, 0.25) is 0 Å². The van der Waals surface area contributed by atoms with Gasteiger partial charge in [0.15, 0.2) is 0 Å². The van der Waals surface area contributed by atoms with Gasteiger partial charge in [-0.2, -0.15) is 0 Å². The van der Waals surface area contributed by atoms with Gasteiger partial charge in [-0.1, -0.05) is 67.3 Å². The fourth-order valence-corrected chi connectivity index (χ4v) is 4.84. The Labute approximate surface area is 190 Å². The molecular weight excluding hydrogens is 428 g/mol. The van der Waals surface area contributed by atoms with E-state index in [2.05, 4.69) is 10.3 Å². The van der Waals surface area contributed by atoms with Crippen molar-refractivity contribution in [3.8, 4) is 0 Å². The van der Waals surface area contributed by atoms with Crippen molar-refractivity contribution in [2.24, 2.45) is 0 Å². The van der Waals surface area contributed by atoms with Crippen LogP contribution >= 0.6 is 24.0 Å². The SMILES string of the molecule is CCCNc1nc2ccccn2c(=O)c1/C=C1\SC(=S)N([C@H](C)c2ccccc2)C1=O. The molecule has 1 aromatic carbocycles. The number of nitrogens with one attached hydrogen (secondary N) is 1. The van der Waals surface area contributed by atoms with E-state index in [1.807, 2.05) is 50.2 Å². The molecule has 2 aromatic heterocycles. The second kappa shape index (κ2) is 9.03. The van der Waals surface area contributed by atoms with Crippen molar-refractivity contribution >= 4 is 51.7 Å². The third-order valence-corrected chi connectivity index (χ3v) is 6.41. The number of amides is 1. The molecule has 8 heteroatoms. The second-order valence-corrected chi connectivity index (χ2v) is 8.85. The van der Waals surface area contributed by atoms with Gasteiger partial charge >= 0.3 is 0 Å². The van der Waals surface area contributed by atoms with Crippen LogP contribution in [0.4, 0.5) is 5.82 Å². The number of aromatic nitrogens is 2. The zero-order valence-corrected chi connectivity index (χ0v) is 18.9. The van der Waals surface area contributed by atoms with Gasteiger partial charge in [0.1, 0.15) is 15.8 Å². The average Bonchev–Trinajstić information content (AvgIpc) is 3.07. The Kier molecular flexibility index (Phi) is 6.20. The number of pyridine rings is 1. The Morgan fingerprint density at radius 2 is 1.90 bits per heavy atom. The largest absolute Gasteiger partial charge is 0.369 e. The predicted octanol–water partition coefficient (Wildman–Crippen LogP) is 4.48. The highest BCUT2D eigenvalue weighted by molar-refractivity contribution is 8.26. The van der Waals surface area contributed by atoms with E-state index in [-0.39, 0.29) is 17.5 Å². The van der Waals surface area contributed by atoms with E-state index in [9.17, 15) is 9.59 Å². The summed E-state index contributed by atoms with van der Waals surface area (Å²) in [4.78, 5) is 33.1. The number of carbonyl (C=O) groups is 1. The van der Waals surface area contributed by atoms with Gasteiger partial charge in [-0.3, -0.25) is 18.9 Å². The van der Waals surface area contributed by atoms with Crippen LogP contribution in [-0.4, -0.2) is 31.1 Å². The minimum absolute atomic E-state index is 0.201. The van der Waals surface area contributed by atoms with Gasteiger partial charge < -0.3 is 5.32 Å². The Morgan fingerprint density at radius 1 is 1.16 bits per heavy atom. The number of thioether (sulfide) groups is 1. The van der Waals surface area contributed by atoms with Crippen molar-refractivity contribution in [1.82, 2.24) is 14.3 Å². The number of rotatable bonds is 6. The van der Waals surface area contributed by atoms with Crippen LogP contribution in [0, 0.1) is 0 Å². The molecule has 158 valence electrons. The van der Waals surface area contributed by atoms with Gasteiger partial charge in [0.05, 0.1) is 16.5 Å². The van der Waals surface area contributed by atoms with Gasteiger partial charge in [0.25, 0.3) is 11.5 Å². The van der Waals surface area contributed by atoms with Gasteiger partial charge in [-0.05, 0) is 37.1 Å². The number of hydrogen-bond donors (Lipinski definition) is 1. The molecule has 0 unspecified atom stereocenters. The average molecular weight is 451 g/mol. The molecule has 1 N–H and O–H groups in total. The fraction of sp³-hybridized carbons (Fsp3) is 0.217. The van der Waals surface area contributed by atoms with Crippen molar-refractivity contribution < 1.29 is 4.79 Å². The third-order valence-electron chi connectivity index (χ3n) is 5.08. The number of benzene rings is 1. The molecule has 0 radical (unpaired) electrons. The first-order chi connectivity index (χ1) is 15.0. The summed E-state index contributed by atoms with van der Waals surface area (Å²) in [6.45, 7) is 4.66. The van der Waals surface area contributed by atoms with Gasteiger partial charge in [-0.25, -0.2) is 4.98 Å². The molecule has 0 saturated carbocycles. The molecule has 1 saturated heterocycles. The number of thiocarbonyl (C=S) groups is 1. The molecule has 1 amide bonds. The minimum atomic E-state index is -0.231. The van der Waals surface area contributed by atoms with E-state index in [1.54, 1.807) is 29.3 Å². The lowest BCUT2D eigenvalue weighted by Crippen LogP contribution is -2.31. The Bertz CT molecular complexity index is 1240. The highest BCUT2D eigenvalue weighted by Gasteiger charge is 2.36. The van der Waals surface area contributed by atoms with Crippen LogP contribution in [0.25, 0.3) is 11.7 Å². The first-order valence-electron chi connectivity index (χ1n) is 10.1. The lowest BCUT2D eigenvalue weighted by molar-refractivity contribution is -0.123. The molecule has 0 bridgehead atoms. The van der Waals surface area contributed by atoms with Crippen LogP contribution in [0.15, 0.2) is 64.4 Å². The Hall–Kier alpha value is -2.97. The van der Waals surface area contributed by atoms with Crippen LogP contribution in [0.1, 0.15) is 37.4 Å². The highest BCUT2D eigenvalue weighted by atomic mass is 32.2.